The molecule has 12 nitrogen and oxygen atoms in total. The summed E-state index contributed by atoms with van der Waals surface area (Å²) < 4.78 is 9.35. The van der Waals surface area contributed by atoms with Crippen molar-refractivity contribution in [2.45, 2.75) is 45.2 Å². The van der Waals surface area contributed by atoms with Crippen molar-refractivity contribution in [3.63, 3.8) is 0 Å². The Kier molecular flexibility index (Phi) is 11.2. The Morgan fingerprint density at radius 1 is 1.06 bits per heavy atom. The van der Waals surface area contributed by atoms with Crippen LogP contribution in [0.3, 0.4) is 0 Å². The summed E-state index contributed by atoms with van der Waals surface area (Å²) in [7, 11) is 5.10. The van der Waals surface area contributed by atoms with Crippen LogP contribution in [0.15, 0.2) is 83.8 Å². The van der Waals surface area contributed by atoms with Crippen LogP contribution in [0.5, 0.6) is 5.75 Å². The number of likely N-dealkylation sites (N-methyl/N-ethyl adjacent to an activating group) is 1. The lowest BCUT2D eigenvalue weighted by Crippen LogP contribution is -2.58. The van der Waals surface area contributed by atoms with Crippen LogP contribution in [0.4, 0.5) is 10.5 Å². The molecule has 3 N–H and O–H groups in total. The van der Waals surface area contributed by atoms with Crippen LogP contribution >= 0.6 is 0 Å². The molecule has 0 radical (unpaired) electrons. The first kappa shape index (κ1) is 34.5. The van der Waals surface area contributed by atoms with Gasteiger partial charge in [-0.2, -0.15) is 0 Å². The van der Waals surface area contributed by atoms with Gasteiger partial charge in [-0.05, 0) is 54.7 Å². The molecule has 0 aliphatic rings. The maximum absolute atomic E-state index is 14.0. The van der Waals surface area contributed by atoms with Gasteiger partial charge in [-0.25, -0.2) is 9.78 Å². The van der Waals surface area contributed by atoms with E-state index < -0.39 is 23.1 Å². The number of anilines is 1. The number of pyridine rings is 1. The molecule has 0 aliphatic carbocycles. The van der Waals surface area contributed by atoms with E-state index in [1.165, 1.54) is 21.6 Å². The smallest absolute Gasteiger partial charge is 0.405 e. The number of nitrogens with one attached hydrogen (secondary N) is 2. The molecule has 0 spiro atoms. The molecule has 4 rings (SSSR count). The van der Waals surface area contributed by atoms with Crippen LogP contribution in [-0.2, 0) is 29.6 Å². The van der Waals surface area contributed by atoms with E-state index in [4.69, 9.17) is 9.72 Å². The van der Waals surface area contributed by atoms with Crippen molar-refractivity contribution in [2.75, 3.05) is 26.0 Å². The number of nitrogens with zero attached hydrogens (tertiary/aromatic N) is 4. The van der Waals surface area contributed by atoms with Crippen LogP contribution in [0, 0.1) is 5.92 Å². The van der Waals surface area contributed by atoms with E-state index in [2.05, 4.69) is 24.5 Å². The molecule has 47 heavy (non-hydrogen) atoms. The van der Waals surface area contributed by atoms with Crippen molar-refractivity contribution in [1.29, 1.82) is 0 Å². The summed E-state index contributed by atoms with van der Waals surface area (Å²) in [6.07, 6.45) is 3.45. The summed E-state index contributed by atoms with van der Waals surface area (Å²) in [6, 6.07) is 17.8. The predicted molar refractivity (Wildman–Crippen MR) is 181 cm³/mol. The van der Waals surface area contributed by atoms with Gasteiger partial charge in [-0.15, -0.1) is 0 Å². The Morgan fingerprint density at radius 2 is 1.81 bits per heavy atom. The molecule has 0 saturated carbocycles. The summed E-state index contributed by atoms with van der Waals surface area (Å²) in [5.41, 5.74) is 0.106. The number of aromatic nitrogens is 3. The van der Waals surface area contributed by atoms with Crippen LogP contribution < -0.4 is 20.9 Å². The number of imidazole rings is 1. The molecule has 248 valence electrons. The molecule has 4 aromatic rings. The first-order chi connectivity index (χ1) is 22.4. The van der Waals surface area contributed by atoms with E-state index >= 15 is 0 Å². The molecule has 2 aromatic carbocycles. The molecular weight excluding hydrogens is 600 g/mol. The highest BCUT2D eigenvalue weighted by Crippen LogP contribution is 2.27. The number of aryl methyl sites for hydroxylation is 1. The summed E-state index contributed by atoms with van der Waals surface area (Å²) in [4.78, 5) is 58.0. The number of hydrogen-bond acceptors (Lipinski definition) is 6. The minimum Gasteiger partial charge on any atom is -0.491 e. The lowest BCUT2D eigenvalue weighted by molar-refractivity contribution is -0.123. The quantitative estimate of drug-likeness (QED) is 0.172. The van der Waals surface area contributed by atoms with Crippen molar-refractivity contribution < 1.29 is 24.2 Å². The Morgan fingerprint density at radius 3 is 2.49 bits per heavy atom. The van der Waals surface area contributed by atoms with Gasteiger partial charge in [0.25, 0.3) is 11.5 Å². The number of rotatable bonds is 14. The highest BCUT2D eigenvalue weighted by atomic mass is 16.5. The molecule has 0 aliphatic heterocycles. The number of carbonyl (C=O) groups excluding carboxylic acids is 2. The highest BCUT2D eigenvalue weighted by molar-refractivity contribution is 6.00. The SMILES string of the molecule is CC(C)COc1cccc2nc(Cn3cccc(NC(=O)C(CCC=CC(=O)N(C)C)(Cc4ccccc4)NC(=O)O)c3=O)n(C)c12. The lowest BCUT2D eigenvalue weighted by Gasteiger charge is -2.32. The Bertz CT molecular complexity index is 1810. The maximum Gasteiger partial charge on any atom is 0.405 e. The number of benzene rings is 2. The molecular formula is C35H42N6O6. The average molecular weight is 643 g/mol. The highest BCUT2D eigenvalue weighted by Gasteiger charge is 2.40. The number of fused-ring (bicyclic) bond motifs is 1. The van der Waals surface area contributed by atoms with Gasteiger partial charge < -0.3 is 34.5 Å². The van der Waals surface area contributed by atoms with E-state index in [-0.39, 0.29) is 37.4 Å². The summed E-state index contributed by atoms with van der Waals surface area (Å²) in [6.45, 7) is 4.81. The third-order valence-corrected chi connectivity index (χ3v) is 7.67. The van der Waals surface area contributed by atoms with Crippen molar-refractivity contribution in [3.05, 3.63) is 101 Å². The second kappa shape index (κ2) is 15.3. The minimum absolute atomic E-state index is 0.0137. The third-order valence-electron chi connectivity index (χ3n) is 7.67. The van der Waals surface area contributed by atoms with E-state index in [1.807, 2.05) is 35.9 Å². The first-order valence-electron chi connectivity index (χ1n) is 15.4. The monoisotopic (exact) mass is 642 g/mol. The molecule has 2 heterocycles. The molecule has 12 heteroatoms. The second-order valence-corrected chi connectivity index (χ2v) is 12.1. The van der Waals surface area contributed by atoms with Crippen molar-refractivity contribution in [1.82, 2.24) is 24.3 Å². The van der Waals surface area contributed by atoms with Crippen LogP contribution in [0.2, 0.25) is 0 Å². The largest absolute Gasteiger partial charge is 0.491 e. The minimum atomic E-state index is -1.66. The molecule has 0 fully saturated rings. The topological polar surface area (TPSA) is 148 Å². The predicted octanol–water partition coefficient (Wildman–Crippen LogP) is 4.43. The average Bonchev–Trinajstić information content (AvgIpc) is 3.35. The fraction of sp³-hybridized carbons (Fsp3) is 0.343. The van der Waals surface area contributed by atoms with E-state index in [1.54, 1.807) is 56.7 Å². The fourth-order valence-electron chi connectivity index (χ4n) is 5.20. The Labute approximate surface area is 273 Å². The zero-order valence-electron chi connectivity index (χ0n) is 27.4. The number of para-hydroxylation sites is 1. The number of carbonyl (C=O) groups is 3. The lowest BCUT2D eigenvalue weighted by atomic mass is 9.85. The van der Waals surface area contributed by atoms with Gasteiger partial charge in [0.1, 0.15) is 28.3 Å². The zero-order valence-corrected chi connectivity index (χ0v) is 27.4. The van der Waals surface area contributed by atoms with Crippen LogP contribution in [-0.4, -0.2) is 68.3 Å². The van der Waals surface area contributed by atoms with Crippen molar-refractivity contribution in [2.24, 2.45) is 13.0 Å². The molecule has 0 saturated heterocycles. The van der Waals surface area contributed by atoms with E-state index in [9.17, 15) is 24.3 Å². The van der Waals surface area contributed by atoms with Gasteiger partial charge in [0, 0.05) is 33.8 Å². The number of ether oxygens (including phenoxy) is 1. The molecule has 1 atom stereocenters. The number of carboxylic acid groups (broad SMARTS) is 1. The zero-order chi connectivity index (χ0) is 34.1. The van der Waals surface area contributed by atoms with Gasteiger partial charge in [-0.1, -0.05) is 56.3 Å². The normalized spacial score (nSPS) is 12.6. The summed E-state index contributed by atoms with van der Waals surface area (Å²) >= 11 is 0. The van der Waals surface area contributed by atoms with Crippen LogP contribution in [0.25, 0.3) is 11.0 Å². The van der Waals surface area contributed by atoms with Gasteiger partial charge in [-0.3, -0.25) is 14.4 Å². The van der Waals surface area contributed by atoms with Gasteiger partial charge in [0.2, 0.25) is 5.91 Å². The standard InChI is InChI=1S/C35H42N6O6/c1-24(2)23-47-28-17-11-15-26-31(28)40(5)29(36-26)22-41-20-12-16-27(32(41)43)37-33(44)35(38-34(45)46,21-25-13-7-6-8-14-25)19-10-9-18-30(42)39(3)4/h6-9,11-18,20,24,38H,10,19,21-23H2,1-5H3,(H,37,44)(H,45,46). The van der Waals surface area contributed by atoms with E-state index in [0.29, 0.717) is 29.7 Å². The molecule has 1 unspecified atom stereocenters. The fourth-order valence-corrected chi connectivity index (χ4v) is 5.20. The summed E-state index contributed by atoms with van der Waals surface area (Å²) in [5.74, 6) is 0.721. The number of amides is 3. The maximum atomic E-state index is 14.0. The second-order valence-electron chi connectivity index (χ2n) is 12.1. The van der Waals surface area contributed by atoms with Crippen molar-refractivity contribution in [3.8, 4) is 5.75 Å². The molecule has 3 amide bonds. The van der Waals surface area contributed by atoms with Gasteiger partial charge in [0.15, 0.2) is 0 Å². The third kappa shape index (κ3) is 8.66. The first-order valence-corrected chi connectivity index (χ1v) is 15.4. The number of hydrogen-bond donors (Lipinski definition) is 3. The van der Waals surface area contributed by atoms with Crippen LogP contribution in [0.1, 0.15) is 38.1 Å². The Balaban J connectivity index is 1.64. The number of allylic oxidation sites excluding steroid dienone is 1. The molecule has 2 aromatic heterocycles. The van der Waals surface area contributed by atoms with Gasteiger partial charge >= 0.3 is 6.09 Å². The van der Waals surface area contributed by atoms with Crippen molar-refractivity contribution >= 4 is 34.6 Å². The Hall–Kier alpha value is -5.39. The summed E-state index contributed by atoms with van der Waals surface area (Å²) in [5, 5.41) is 15.0. The molecule has 0 bridgehead atoms. The van der Waals surface area contributed by atoms with Gasteiger partial charge in [0.05, 0.1) is 18.7 Å². The van der Waals surface area contributed by atoms with E-state index in [0.717, 1.165) is 11.0 Å².